The summed E-state index contributed by atoms with van der Waals surface area (Å²) < 4.78 is 0. The van der Waals surface area contributed by atoms with Gasteiger partial charge in [-0.1, -0.05) is 6.58 Å². The van der Waals surface area contributed by atoms with Crippen molar-refractivity contribution in [3.8, 4) is 0 Å². The molecule has 76 valence electrons. The molecule has 0 unspecified atom stereocenters. The van der Waals surface area contributed by atoms with E-state index >= 15 is 0 Å². The van der Waals surface area contributed by atoms with Crippen LogP contribution < -0.4 is 10.4 Å². The molecule has 0 spiro atoms. The van der Waals surface area contributed by atoms with E-state index in [2.05, 4.69) is 32.7 Å². The first-order valence-electron chi connectivity index (χ1n) is 4.47. The van der Waals surface area contributed by atoms with E-state index in [1.807, 2.05) is 0 Å². The van der Waals surface area contributed by atoms with E-state index in [1.54, 1.807) is 0 Å². The lowest BCUT2D eigenvalue weighted by molar-refractivity contribution is -0.299. The largest absolute Gasteiger partial charge is 0.545 e. The summed E-state index contributed by atoms with van der Waals surface area (Å²) in [4.78, 5) is 10.3. The molecule has 1 N–H and O–H groups in total. The smallest absolute Gasteiger partial charge is 0.0668 e. The number of rotatable bonds is 5. The van der Waals surface area contributed by atoms with Crippen LogP contribution >= 0.6 is 0 Å². The number of carbonyl (C=O) groups is 1. The normalized spacial score (nSPS) is 11.3. The van der Waals surface area contributed by atoms with Crippen LogP contribution in [-0.2, 0) is 4.79 Å². The number of aliphatic carboxylic acids is 1. The predicted molar refractivity (Wildman–Crippen MR) is 51.1 cm³/mol. The average Bonchev–Trinajstić information content (AvgIpc) is 1.95. The van der Waals surface area contributed by atoms with Crippen molar-refractivity contribution < 1.29 is 9.90 Å². The Morgan fingerprint density at radius 2 is 2.00 bits per heavy atom. The van der Waals surface area contributed by atoms with E-state index in [1.165, 1.54) is 0 Å². The number of carboxylic acid groups (broad SMARTS) is 1. The Morgan fingerprint density at radius 1 is 1.46 bits per heavy atom. The van der Waals surface area contributed by atoms with Crippen LogP contribution in [0.1, 0.15) is 33.6 Å². The van der Waals surface area contributed by atoms with Crippen LogP contribution in [-0.4, -0.2) is 18.1 Å². The quantitative estimate of drug-likeness (QED) is 0.499. The van der Waals surface area contributed by atoms with Crippen molar-refractivity contribution in [3.05, 3.63) is 12.2 Å². The average molecular weight is 184 g/mol. The van der Waals surface area contributed by atoms with E-state index in [0.29, 0.717) is 6.42 Å². The van der Waals surface area contributed by atoms with Crippen LogP contribution in [0.3, 0.4) is 0 Å². The van der Waals surface area contributed by atoms with Gasteiger partial charge in [0.2, 0.25) is 0 Å². The SMILES string of the molecule is C=C(CCCNC(C)(C)C)C(=O)[O-]. The highest BCUT2D eigenvalue weighted by Gasteiger charge is 2.07. The van der Waals surface area contributed by atoms with Gasteiger partial charge in [-0.05, 0) is 45.7 Å². The Kier molecular flexibility index (Phi) is 4.70. The highest BCUT2D eigenvalue weighted by atomic mass is 16.4. The molecular formula is C10H18NO2-. The summed E-state index contributed by atoms with van der Waals surface area (Å²) in [6.07, 6.45) is 1.27. The molecule has 0 aliphatic rings. The first-order chi connectivity index (χ1) is 5.83. The minimum Gasteiger partial charge on any atom is -0.545 e. The summed E-state index contributed by atoms with van der Waals surface area (Å²) in [6, 6.07) is 0. The molecule has 3 heteroatoms. The molecule has 0 amide bonds. The Hall–Kier alpha value is -0.830. The van der Waals surface area contributed by atoms with Crippen molar-refractivity contribution in [2.75, 3.05) is 6.54 Å². The van der Waals surface area contributed by atoms with E-state index in [0.717, 1.165) is 13.0 Å². The second-order valence-electron chi connectivity index (χ2n) is 4.17. The van der Waals surface area contributed by atoms with E-state index < -0.39 is 5.97 Å². The van der Waals surface area contributed by atoms with Crippen molar-refractivity contribution in [2.45, 2.75) is 39.2 Å². The molecule has 0 atom stereocenters. The van der Waals surface area contributed by atoms with Crippen molar-refractivity contribution in [1.82, 2.24) is 5.32 Å². The monoisotopic (exact) mass is 184 g/mol. The fourth-order valence-corrected chi connectivity index (χ4v) is 0.867. The zero-order valence-corrected chi connectivity index (χ0v) is 8.64. The molecule has 0 aliphatic heterocycles. The van der Waals surface area contributed by atoms with Gasteiger partial charge in [0.1, 0.15) is 0 Å². The summed E-state index contributed by atoms with van der Waals surface area (Å²) in [5.74, 6) is -1.14. The Morgan fingerprint density at radius 3 is 2.38 bits per heavy atom. The third-order valence-corrected chi connectivity index (χ3v) is 1.60. The fraction of sp³-hybridized carbons (Fsp3) is 0.700. The van der Waals surface area contributed by atoms with Crippen LogP contribution in [0.5, 0.6) is 0 Å². The standard InChI is InChI=1S/C10H19NO2/c1-8(9(12)13)6-5-7-11-10(2,3)4/h11H,1,5-7H2,2-4H3,(H,12,13)/p-1. The summed E-state index contributed by atoms with van der Waals surface area (Å²) >= 11 is 0. The van der Waals surface area contributed by atoms with Gasteiger partial charge in [-0.2, -0.15) is 0 Å². The van der Waals surface area contributed by atoms with Crippen molar-refractivity contribution >= 4 is 5.97 Å². The first-order valence-corrected chi connectivity index (χ1v) is 4.47. The van der Waals surface area contributed by atoms with Gasteiger partial charge < -0.3 is 15.2 Å². The van der Waals surface area contributed by atoms with Crippen LogP contribution in [0, 0.1) is 0 Å². The van der Waals surface area contributed by atoms with Gasteiger partial charge in [0.25, 0.3) is 0 Å². The molecule has 0 saturated heterocycles. The molecule has 0 bridgehead atoms. The van der Waals surface area contributed by atoms with Gasteiger partial charge in [0.15, 0.2) is 0 Å². The maximum Gasteiger partial charge on any atom is 0.0668 e. The zero-order chi connectivity index (χ0) is 10.5. The Bertz CT molecular complexity index is 192. The maximum atomic E-state index is 10.3. The number of carboxylic acids is 1. The topological polar surface area (TPSA) is 52.2 Å². The van der Waals surface area contributed by atoms with Crippen LogP contribution in [0.2, 0.25) is 0 Å². The van der Waals surface area contributed by atoms with Gasteiger partial charge in [0, 0.05) is 5.54 Å². The molecule has 3 nitrogen and oxygen atoms in total. The summed E-state index contributed by atoms with van der Waals surface area (Å²) in [5.41, 5.74) is 0.263. The first kappa shape index (κ1) is 12.2. The molecule has 0 fully saturated rings. The van der Waals surface area contributed by atoms with Gasteiger partial charge in [0.05, 0.1) is 5.97 Å². The van der Waals surface area contributed by atoms with Crippen molar-refractivity contribution in [2.24, 2.45) is 0 Å². The lowest BCUT2D eigenvalue weighted by Crippen LogP contribution is -2.36. The van der Waals surface area contributed by atoms with Gasteiger partial charge in [-0.15, -0.1) is 0 Å². The minimum absolute atomic E-state index is 0.0861. The molecular weight excluding hydrogens is 166 g/mol. The predicted octanol–water partition coefficient (Wildman–Crippen LogP) is 0.461. The zero-order valence-electron chi connectivity index (χ0n) is 8.64. The molecule has 0 saturated carbocycles. The van der Waals surface area contributed by atoms with E-state index in [-0.39, 0.29) is 11.1 Å². The van der Waals surface area contributed by atoms with Crippen molar-refractivity contribution in [3.63, 3.8) is 0 Å². The minimum atomic E-state index is -1.14. The molecule has 0 heterocycles. The van der Waals surface area contributed by atoms with Gasteiger partial charge >= 0.3 is 0 Å². The molecule has 0 aromatic carbocycles. The van der Waals surface area contributed by atoms with Crippen LogP contribution in [0.4, 0.5) is 0 Å². The molecule has 0 aromatic heterocycles. The van der Waals surface area contributed by atoms with Crippen LogP contribution in [0.25, 0.3) is 0 Å². The second kappa shape index (κ2) is 5.02. The third kappa shape index (κ3) is 7.53. The summed E-state index contributed by atoms with van der Waals surface area (Å²) in [7, 11) is 0. The molecule has 0 rings (SSSR count). The van der Waals surface area contributed by atoms with E-state index in [9.17, 15) is 9.90 Å². The van der Waals surface area contributed by atoms with Crippen molar-refractivity contribution in [1.29, 1.82) is 0 Å². The number of nitrogens with one attached hydrogen (secondary N) is 1. The number of carbonyl (C=O) groups excluding carboxylic acids is 1. The summed E-state index contributed by atoms with van der Waals surface area (Å²) in [5, 5.41) is 13.5. The fourth-order valence-electron chi connectivity index (χ4n) is 0.867. The number of hydrogen-bond donors (Lipinski definition) is 1. The van der Waals surface area contributed by atoms with E-state index in [4.69, 9.17) is 0 Å². The Labute approximate surface area is 79.8 Å². The lowest BCUT2D eigenvalue weighted by Gasteiger charge is -2.20. The van der Waals surface area contributed by atoms with Crippen LogP contribution in [0.15, 0.2) is 12.2 Å². The number of hydrogen-bond acceptors (Lipinski definition) is 3. The third-order valence-electron chi connectivity index (χ3n) is 1.60. The molecule has 0 aromatic rings. The summed E-state index contributed by atoms with van der Waals surface area (Å²) in [6.45, 7) is 10.4. The molecule has 13 heavy (non-hydrogen) atoms. The lowest BCUT2D eigenvalue weighted by atomic mass is 10.1. The Balaban J connectivity index is 3.47. The maximum absolute atomic E-state index is 10.3. The second-order valence-corrected chi connectivity index (χ2v) is 4.17. The highest BCUT2D eigenvalue weighted by Crippen LogP contribution is 2.02. The highest BCUT2D eigenvalue weighted by molar-refractivity contribution is 5.83. The van der Waals surface area contributed by atoms with Gasteiger partial charge in [-0.3, -0.25) is 0 Å². The molecule has 0 radical (unpaired) electrons. The van der Waals surface area contributed by atoms with Gasteiger partial charge in [-0.25, -0.2) is 0 Å². The molecule has 0 aliphatic carbocycles.